The highest BCUT2D eigenvalue weighted by Gasteiger charge is 2.12. The lowest BCUT2D eigenvalue weighted by Gasteiger charge is -2.13. The van der Waals surface area contributed by atoms with E-state index in [-0.39, 0.29) is 18.0 Å². The van der Waals surface area contributed by atoms with Crippen molar-refractivity contribution >= 4 is 11.6 Å². The average molecular weight is 317 g/mol. The largest absolute Gasteiger partial charge is 0.497 e. The normalized spacial score (nSPS) is 10.3. The Kier molecular flexibility index (Phi) is 5.00. The van der Waals surface area contributed by atoms with Gasteiger partial charge in [-0.05, 0) is 26.0 Å². The number of aromatic nitrogens is 2. The maximum Gasteiger partial charge on any atom is 0.254 e. The van der Waals surface area contributed by atoms with Crippen molar-refractivity contribution in [2.45, 2.75) is 20.4 Å². The smallest absolute Gasteiger partial charge is 0.254 e. The molecule has 7 nitrogen and oxygen atoms in total. The van der Waals surface area contributed by atoms with Gasteiger partial charge in [0, 0.05) is 17.8 Å². The molecule has 0 spiro atoms. The quantitative estimate of drug-likeness (QED) is 0.904. The molecule has 1 aromatic carbocycles. The summed E-state index contributed by atoms with van der Waals surface area (Å²) in [6.07, 6.45) is 0. The highest BCUT2D eigenvalue weighted by Crippen LogP contribution is 2.28. The SMILES string of the molecule is COc1ccc(OC)c(NC(=O)Cn2c(C)nc(C)cc2=O)c1. The first-order chi connectivity index (χ1) is 10.9. The zero-order valence-electron chi connectivity index (χ0n) is 13.5. The van der Waals surface area contributed by atoms with E-state index < -0.39 is 0 Å². The summed E-state index contributed by atoms with van der Waals surface area (Å²) in [4.78, 5) is 28.4. The van der Waals surface area contributed by atoms with Gasteiger partial charge in [0.2, 0.25) is 5.91 Å². The molecule has 0 aliphatic rings. The van der Waals surface area contributed by atoms with E-state index in [0.29, 0.717) is 28.7 Å². The minimum absolute atomic E-state index is 0.127. The molecule has 0 saturated heterocycles. The third kappa shape index (κ3) is 3.88. The van der Waals surface area contributed by atoms with Crippen LogP contribution in [0.2, 0.25) is 0 Å². The van der Waals surface area contributed by atoms with E-state index >= 15 is 0 Å². The predicted octanol–water partition coefficient (Wildman–Crippen LogP) is 1.52. The number of amides is 1. The molecule has 0 aliphatic heterocycles. The second kappa shape index (κ2) is 6.95. The van der Waals surface area contributed by atoms with Gasteiger partial charge in [-0.2, -0.15) is 0 Å². The van der Waals surface area contributed by atoms with Crippen LogP contribution in [0.25, 0.3) is 0 Å². The van der Waals surface area contributed by atoms with Crippen molar-refractivity contribution < 1.29 is 14.3 Å². The third-order valence-electron chi connectivity index (χ3n) is 3.31. The molecule has 0 atom stereocenters. The number of aryl methyl sites for hydroxylation is 2. The van der Waals surface area contributed by atoms with Crippen LogP contribution in [0.15, 0.2) is 29.1 Å². The molecular weight excluding hydrogens is 298 g/mol. The number of methoxy groups -OCH3 is 2. The van der Waals surface area contributed by atoms with E-state index in [4.69, 9.17) is 9.47 Å². The maximum absolute atomic E-state index is 12.2. The number of anilines is 1. The Hall–Kier alpha value is -2.83. The molecule has 0 unspecified atom stereocenters. The molecule has 0 saturated carbocycles. The van der Waals surface area contributed by atoms with Gasteiger partial charge in [0.15, 0.2) is 0 Å². The molecule has 1 aromatic heterocycles. The summed E-state index contributed by atoms with van der Waals surface area (Å²) in [6, 6.07) is 6.47. The van der Waals surface area contributed by atoms with Crippen molar-refractivity contribution in [3.05, 3.63) is 46.1 Å². The Morgan fingerprint density at radius 2 is 1.96 bits per heavy atom. The predicted molar refractivity (Wildman–Crippen MR) is 86.1 cm³/mol. The summed E-state index contributed by atoms with van der Waals surface area (Å²) in [5.41, 5.74) is 0.837. The molecule has 7 heteroatoms. The third-order valence-corrected chi connectivity index (χ3v) is 3.31. The molecule has 0 aliphatic carbocycles. The summed E-state index contributed by atoms with van der Waals surface area (Å²) >= 11 is 0. The van der Waals surface area contributed by atoms with Gasteiger partial charge in [0.25, 0.3) is 5.56 Å². The molecule has 0 fully saturated rings. The van der Waals surface area contributed by atoms with Gasteiger partial charge in [-0.15, -0.1) is 0 Å². The molecule has 1 amide bonds. The molecule has 1 N–H and O–H groups in total. The fourth-order valence-electron chi connectivity index (χ4n) is 2.20. The Balaban J connectivity index is 2.22. The molecule has 122 valence electrons. The number of carbonyl (C=O) groups is 1. The van der Waals surface area contributed by atoms with E-state index in [1.54, 1.807) is 32.0 Å². The van der Waals surface area contributed by atoms with Gasteiger partial charge in [0.1, 0.15) is 23.9 Å². The van der Waals surface area contributed by atoms with Gasteiger partial charge >= 0.3 is 0 Å². The molecule has 1 heterocycles. The van der Waals surface area contributed by atoms with Gasteiger partial charge in [-0.1, -0.05) is 0 Å². The maximum atomic E-state index is 12.2. The van der Waals surface area contributed by atoms with Crippen molar-refractivity contribution in [3.63, 3.8) is 0 Å². The Bertz CT molecular complexity index is 783. The molecular formula is C16H19N3O4. The van der Waals surface area contributed by atoms with Crippen LogP contribution < -0.4 is 20.3 Å². The van der Waals surface area contributed by atoms with Gasteiger partial charge < -0.3 is 14.8 Å². The van der Waals surface area contributed by atoms with Crippen LogP contribution in [0, 0.1) is 13.8 Å². The van der Waals surface area contributed by atoms with Gasteiger partial charge in [-0.25, -0.2) is 4.98 Å². The van der Waals surface area contributed by atoms with Crippen LogP contribution in [-0.2, 0) is 11.3 Å². The van der Waals surface area contributed by atoms with E-state index in [0.717, 1.165) is 0 Å². The number of carbonyl (C=O) groups excluding carboxylic acids is 1. The lowest BCUT2D eigenvalue weighted by atomic mass is 10.2. The Morgan fingerprint density at radius 3 is 2.57 bits per heavy atom. The Morgan fingerprint density at radius 1 is 1.22 bits per heavy atom. The number of hydrogen-bond donors (Lipinski definition) is 1. The van der Waals surface area contributed by atoms with Crippen molar-refractivity contribution in [1.82, 2.24) is 9.55 Å². The monoisotopic (exact) mass is 317 g/mol. The number of benzene rings is 1. The van der Waals surface area contributed by atoms with Crippen molar-refractivity contribution in [2.75, 3.05) is 19.5 Å². The van der Waals surface area contributed by atoms with Crippen LogP contribution in [0.4, 0.5) is 5.69 Å². The van der Waals surface area contributed by atoms with E-state index in [1.807, 2.05) is 0 Å². The molecule has 23 heavy (non-hydrogen) atoms. The van der Waals surface area contributed by atoms with E-state index in [1.165, 1.54) is 24.9 Å². The van der Waals surface area contributed by atoms with E-state index in [9.17, 15) is 9.59 Å². The van der Waals surface area contributed by atoms with Crippen LogP contribution >= 0.6 is 0 Å². The lowest BCUT2D eigenvalue weighted by molar-refractivity contribution is -0.116. The second-order valence-electron chi connectivity index (χ2n) is 4.98. The number of hydrogen-bond acceptors (Lipinski definition) is 5. The molecule has 2 aromatic rings. The summed E-state index contributed by atoms with van der Waals surface area (Å²) in [5.74, 6) is 1.23. The first-order valence-corrected chi connectivity index (χ1v) is 7.01. The van der Waals surface area contributed by atoms with Crippen molar-refractivity contribution in [3.8, 4) is 11.5 Å². The van der Waals surface area contributed by atoms with Crippen LogP contribution in [0.3, 0.4) is 0 Å². The molecule has 2 rings (SSSR count). The summed E-state index contributed by atoms with van der Waals surface area (Å²) in [5, 5.41) is 2.72. The van der Waals surface area contributed by atoms with Crippen LogP contribution in [-0.4, -0.2) is 29.7 Å². The molecule has 0 bridgehead atoms. The topological polar surface area (TPSA) is 82.4 Å². The lowest BCUT2D eigenvalue weighted by Crippen LogP contribution is -2.30. The minimum Gasteiger partial charge on any atom is -0.497 e. The van der Waals surface area contributed by atoms with E-state index in [2.05, 4.69) is 10.3 Å². The minimum atomic E-state index is -0.354. The van der Waals surface area contributed by atoms with Crippen molar-refractivity contribution in [1.29, 1.82) is 0 Å². The number of nitrogens with zero attached hydrogens (tertiary/aromatic N) is 2. The zero-order chi connectivity index (χ0) is 17.0. The number of ether oxygens (including phenoxy) is 2. The molecule has 0 radical (unpaired) electrons. The highest BCUT2D eigenvalue weighted by molar-refractivity contribution is 5.92. The highest BCUT2D eigenvalue weighted by atomic mass is 16.5. The fraction of sp³-hybridized carbons (Fsp3) is 0.312. The first-order valence-electron chi connectivity index (χ1n) is 7.01. The van der Waals surface area contributed by atoms with Gasteiger partial charge in [0.05, 0.1) is 19.9 Å². The standard InChI is InChI=1S/C16H19N3O4/c1-10-7-16(21)19(11(2)17-10)9-15(20)18-13-8-12(22-3)5-6-14(13)23-4/h5-8H,9H2,1-4H3,(H,18,20). The van der Waals surface area contributed by atoms with Crippen molar-refractivity contribution in [2.24, 2.45) is 0 Å². The van der Waals surface area contributed by atoms with Gasteiger partial charge in [-0.3, -0.25) is 14.2 Å². The number of nitrogens with one attached hydrogen (secondary N) is 1. The van der Waals surface area contributed by atoms with Crippen LogP contribution in [0.5, 0.6) is 11.5 Å². The summed E-state index contributed by atoms with van der Waals surface area (Å²) in [7, 11) is 3.05. The zero-order valence-corrected chi connectivity index (χ0v) is 13.5. The summed E-state index contributed by atoms with van der Waals surface area (Å²) < 4.78 is 11.7. The van der Waals surface area contributed by atoms with Crippen LogP contribution in [0.1, 0.15) is 11.5 Å². The fourth-order valence-corrected chi connectivity index (χ4v) is 2.20. The first kappa shape index (κ1) is 16.5. The summed E-state index contributed by atoms with van der Waals surface area (Å²) in [6.45, 7) is 3.30. The number of rotatable bonds is 5. The second-order valence-corrected chi connectivity index (χ2v) is 4.98. The average Bonchev–Trinajstić information content (AvgIpc) is 2.50. The Labute approximate surface area is 133 Å².